The van der Waals surface area contributed by atoms with E-state index in [-0.39, 0.29) is 0 Å². The van der Waals surface area contributed by atoms with E-state index in [1.165, 1.54) is 11.3 Å². The second-order valence-corrected chi connectivity index (χ2v) is 5.49. The molecule has 1 aliphatic rings. The van der Waals surface area contributed by atoms with Gasteiger partial charge in [-0.2, -0.15) is 0 Å². The van der Waals surface area contributed by atoms with E-state index in [0.717, 1.165) is 31.9 Å². The summed E-state index contributed by atoms with van der Waals surface area (Å²) in [6.45, 7) is 6.25. The molecule has 0 bridgehead atoms. The first-order chi connectivity index (χ1) is 9.11. The van der Waals surface area contributed by atoms with Gasteiger partial charge in [-0.3, -0.25) is 0 Å². The number of aryl methyl sites for hydroxylation is 1. The highest BCUT2D eigenvalue weighted by Crippen LogP contribution is 2.31. The van der Waals surface area contributed by atoms with Crippen molar-refractivity contribution in [3.63, 3.8) is 0 Å². The van der Waals surface area contributed by atoms with Gasteiger partial charge in [-0.25, -0.2) is 0 Å². The number of methoxy groups -OCH3 is 1. The first-order valence-electron chi connectivity index (χ1n) is 6.88. The van der Waals surface area contributed by atoms with E-state index < -0.39 is 0 Å². The van der Waals surface area contributed by atoms with Gasteiger partial charge in [0.15, 0.2) is 0 Å². The van der Waals surface area contributed by atoms with Crippen LogP contribution in [0.3, 0.4) is 0 Å². The molecular formula is C15H25N3O. The van der Waals surface area contributed by atoms with Gasteiger partial charge in [0.2, 0.25) is 0 Å². The van der Waals surface area contributed by atoms with Crippen molar-refractivity contribution in [1.29, 1.82) is 0 Å². The highest BCUT2D eigenvalue weighted by Gasteiger charge is 2.25. The van der Waals surface area contributed by atoms with E-state index in [2.05, 4.69) is 54.3 Å². The fraction of sp³-hybridized carbons (Fsp3) is 0.600. The zero-order valence-electron chi connectivity index (χ0n) is 12.4. The molecule has 4 heteroatoms. The van der Waals surface area contributed by atoms with Crippen LogP contribution in [-0.4, -0.2) is 58.3 Å². The number of likely N-dealkylation sites (N-methyl/N-ethyl adjacent to an activating group) is 1. The molecule has 0 amide bonds. The first kappa shape index (κ1) is 14.2. The quantitative estimate of drug-likeness (QED) is 0.887. The topological polar surface area (TPSA) is 27.7 Å². The predicted octanol–water partition coefficient (Wildman–Crippen LogP) is 1.34. The van der Waals surface area contributed by atoms with Gasteiger partial charge in [0.1, 0.15) is 5.75 Å². The third-order valence-corrected chi connectivity index (χ3v) is 3.57. The van der Waals surface area contributed by atoms with Gasteiger partial charge in [-0.15, -0.1) is 0 Å². The fourth-order valence-corrected chi connectivity index (χ4v) is 2.69. The minimum Gasteiger partial charge on any atom is -0.495 e. The van der Waals surface area contributed by atoms with E-state index in [1.807, 2.05) is 0 Å². The lowest BCUT2D eigenvalue weighted by Crippen LogP contribution is -2.55. The van der Waals surface area contributed by atoms with Crippen molar-refractivity contribution >= 4 is 5.69 Å². The molecule has 1 unspecified atom stereocenters. The molecular weight excluding hydrogens is 238 g/mol. The first-order valence-corrected chi connectivity index (χ1v) is 6.88. The number of hydrogen-bond acceptors (Lipinski definition) is 4. The Hall–Kier alpha value is -1.26. The molecule has 1 aromatic carbocycles. The summed E-state index contributed by atoms with van der Waals surface area (Å²) in [6.07, 6.45) is 0. The van der Waals surface area contributed by atoms with Crippen molar-refractivity contribution in [2.45, 2.75) is 13.0 Å². The van der Waals surface area contributed by atoms with Crippen LogP contribution in [-0.2, 0) is 0 Å². The van der Waals surface area contributed by atoms with Gasteiger partial charge in [-0.1, -0.05) is 6.07 Å². The van der Waals surface area contributed by atoms with Crippen LogP contribution in [0.2, 0.25) is 0 Å². The summed E-state index contributed by atoms with van der Waals surface area (Å²) in [5, 5.41) is 3.48. The number of ether oxygens (including phenoxy) is 1. The Morgan fingerprint density at radius 2 is 2.21 bits per heavy atom. The van der Waals surface area contributed by atoms with Gasteiger partial charge in [0.25, 0.3) is 0 Å². The molecule has 19 heavy (non-hydrogen) atoms. The Kier molecular flexibility index (Phi) is 4.66. The smallest absolute Gasteiger partial charge is 0.142 e. The van der Waals surface area contributed by atoms with Crippen molar-refractivity contribution in [1.82, 2.24) is 10.2 Å². The average Bonchev–Trinajstić information content (AvgIpc) is 2.38. The molecule has 1 fully saturated rings. The highest BCUT2D eigenvalue weighted by molar-refractivity contribution is 5.61. The molecule has 4 nitrogen and oxygen atoms in total. The van der Waals surface area contributed by atoms with Crippen molar-refractivity contribution in [3.05, 3.63) is 23.8 Å². The Labute approximate surface area is 116 Å². The van der Waals surface area contributed by atoms with Gasteiger partial charge in [-0.05, 0) is 38.7 Å². The largest absolute Gasteiger partial charge is 0.495 e. The molecule has 0 aliphatic carbocycles. The number of nitrogens with zero attached hydrogens (tertiary/aromatic N) is 2. The Morgan fingerprint density at radius 1 is 1.42 bits per heavy atom. The molecule has 1 saturated heterocycles. The molecule has 1 heterocycles. The predicted molar refractivity (Wildman–Crippen MR) is 80.3 cm³/mol. The zero-order chi connectivity index (χ0) is 13.8. The molecule has 0 saturated carbocycles. The molecule has 106 valence electrons. The Bertz CT molecular complexity index is 420. The van der Waals surface area contributed by atoms with Crippen molar-refractivity contribution in [2.24, 2.45) is 0 Å². The lowest BCUT2D eigenvalue weighted by atomic mass is 10.1. The van der Waals surface area contributed by atoms with Crippen LogP contribution in [0.4, 0.5) is 5.69 Å². The summed E-state index contributed by atoms with van der Waals surface area (Å²) in [7, 11) is 6.00. The van der Waals surface area contributed by atoms with E-state index in [0.29, 0.717) is 6.04 Å². The van der Waals surface area contributed by atoms with E-state index in [4.69, 9.17) is 4.74 Å². The van der Waals surface area contributed by atoms with Gasteiger partial charge in [0, 0.05) is 26.2 Å². The van der Waals surface area contributed by atoms with E-state index >= 15 is 0 Å². The van der Waals surface area contributed by atoms with Gasteiger partial charge >= 0.3 is 0 Å². The molecule has 1 N–H and O–H groups in total. The van der Waals surface area contributed by atoms with Crippen LogP contribution in [0.1, 0.15) is 5.56 Å². The Balaban J connectivity index is 2.28. The lowest BCUT2D eigenvalue weighted by Gasteiger charge is -2.40. The summed E-state index contributed by atoms with van der Waals surface area (Å²) in [5.74, 6) is 0.969. The van der Waals surface area contributed by atoms with Crippen LogP contribution in [0.15, 0.2) is 18.2 Å². The van der Waals surface area contributed by atoms with Crippen molar-refractivity contribution < 1.29 is 4.74 Å². The summed E-state index contributed by atoms with van der Waals surface area (Å²) >= 11 is 0. The third kappa shape index (κ3) is 3.39. The number of hydrogen-bond donors (Lipinski definition) is 1. The molecule has 1 aromatic rings. The van der Waals surface area contributed by atoms with Crippen molar-refractivity contribution in [3.8, 4) is 5.75 Å². The SMILES string of the molecule is COc1ccc(C)cc1N1CCNCC1CN(C)C. The maximum Gasteiger partial charge on any atom is 0.142 e. The maximum atomic E-state index is 5.53. The molecule has 0 radical (unpaired) electrons. The molecule has 1 aliphatic heterocycles. The van der Waals surface area contributed by atoms with Crippen LogP contribution in [0.25, 0.3) is 0 Å². The van der Waals surface area contributed by atoms with Gasteiger partial charge in [0.05, 0.1) is 18.8 Å². The minimum atomic E-state index is 0.486. The summed E-state index contributed by atoms with van der Waals surface area (Å²) in [6, 6.07) is 6.89. The minimum absolute atomic E-state index is 0.486. The normalized spacial score (nSPS) is 19.8. The maximum absolute atomic E-state index is 5.53. The molecule has 2 rings (SSSR count). The monoisotopic (exact) mass is 263 g/mol. The molecule has 0 aromatic heterocycles. The highest BCUT2D eigenvalue weighted by atomic mass is 16.5. The molecule has 0 spiro atoms. The van der Waals surface area contributed by atoms with Crippen LogP contribution in [0.5, 0.6) is 5.75 Å². The number of piperazine rings is 1. The summed E-state index contributed by atoms with van der Waals surface area (Å²) in [5.41, 5.74) is 2.49. The summed E-state index contributed by atoms with van der Waals surface area (Å²) < 4.78 is 5.53. The lowest BCUT2D eigenvalue weighted by molar-refractivity contribution is 0.333. The standard InChI is InChI=1S/C15H25N3O/c1-12-5-6-15(19-4)14(9-12)18-8-7-16-10-13(18)11-17(2)3/h5-6,9,13,16H,7-8,10-11H2,1-4H3. The zero-order valence-corrected chi connectivity index (χ0v) is 12.4. The average molecular weight is 263 g/mol. The van der Waals surface area contributed by atoms with Crippen LogP contribution < -0.4 is 15.0 Å². The number of rotatable bonds is 4. The molecule has 1 atom stereocenters. The third-order valence-electron chi connectivity index (χ3n) is 3.57. The van der Waals surface area contributed by atoms with E-state index in [9.17, 15) is 0 Å². The fourth-order valence-electron chi connectivity index (χ4n) is 2.69. The van der Waals surface area contributed by atoms with E-state index in [1.54, 1.807) is 7.11 Å². The number of nitrogens with one attached hydrogen (secondary N) is 1. The summed E-state index contributed by atoms with van der Waals surface area (Å²) in [4.78, 5) is 4.72. The number of anilines is 1. The Morgan fingerprint density at radius 3 is 2.89 bits per heavy atom. The van der Waals surface area contributed by atoms with Gasteiger partial charge < -0.3 is 19.9 Å². The second-order valence-electron chi connectivity index (χ2n) is 5.49. The van der Waals surface area contributed by atoms with Crippen LogP contribution >= 0.6 is 0 Å². The van der Waals surface area contributed by atoms with Crippen LogP contribution in [0, 0.1) is 6.92 Å². The number of benzene rings is 1. The van der Waals surface area contributed by atoms with Crippen molar-refractivity contribution in [2.75, 3.05) is 52.3 Å². The second kappa shape index (κ2) is 6.26.